The lowest BCUT2D eigenvalue weighted by Gasteiger charge is -2.18. The predicted octanol–water partition coefficient (Wildman–Crippen LogP) is 2.83. The van der Waals surface area contributed by atoms with E-state index in [2.05, 4.69) is 26.6 Å². The fourth-order valence-corrected chi connectivity index (χ4v) is 2.83. The average Bonchev–Trinajstić information content (AvgIpc) is 2.89. The minimum Gasteiger partial charge on any atom is -0.497 e. The van der Waals surface area contributed by atoms with Crippen LogP contribution in [-0.4, -0.2) is 30.3 Å². The Labute approximate surface area is 131 Å². The first kappa shape index (κ1) is 15.6. The molecule has 0 aliphatic heterocycles. The van der Waals surface area contributed by atoms with Gasteiger partial charge in [-0.15, -0.1) is 0 Å². The molecule has 6 nitrogen and oxygen atoms in total. The van der Waals surface area contributed by atoms with E-state index in [9.17, 15) is 9.59 Å². The molecule has 1 saturated carbocycles. The van der Waals surface area contributed by atoms with Crippen LogP contribution in [0.1, 0.15) is 19.3 Å². The van der Waals surface area contributed by atoms with E-state index in [4.69, 9.17) is 9.84 Å². The molecule has 114 valence electrons. The van der Waals surface area contributed by atoms with Gasteiger partial charge in [-0.2, -0.15) is 0 Å². The normalized spacial score (nSPS) is 20.9. The van der Waals surface area contributed by atoms with Crippen molar-refractivity contribution in [3.8, 4) is 5.75 Å². The Balaban J connectivity index is 2.00. The van der Waals surface area contributed by atoms with Crippen molar-refractivity contribution in [2.24, 2.45) is 5.92 Å². The van der Waals surface area contributed by atoms with E-state index in [-0.39, 0.29) is 6.04 Å². The number of halogens is 1. The third-order valence-corrected chi connectivity index (χ3v) is 4.26. The first-order valence-corrected chi connectivity index (χ1v) is 7.44. The van der Waals surface area contributed by atoms with E-state index in [1.165, 1.54) is 0 Å². The van der Waals surface area contributed by atoms with Gasteiger partial charge in [0.1, 0.15) is 5.75 Å². The highest BCUT2D eigenvalue weighted by Gasteiger charge is 2.33. The number of aliphatic carboxylic acids is 1. The molecule has 2 atom stereocenters. The van der Waals surface area contributed by atoms with Gasteiger partial charge in [0.2, 0.25) is 0 Å². The number of rotatable bonds is 4. The second-order valence-electron chi connectivity index (χ2n) is 4.93. The van der Waals surface area contributed by atoms with E-state index < -0.39 is 17.9 Å². The lowest BCUT2D eigenvalue weighted by Crippen LogP contribution is -2.42. The van der Waals surface area contributed by atoms with Crippen molar-refractivity contribution < 1.29 is 19.4 Å². The first-order valence-electron chi connectivity index (χ1n) is 6.65. The third kappa shape index (κ3) is 3.87. The summed E-state index contributed by atoms with van der Waals surface area (Å²) in [7, 11) is 1.54. The molecule has 7 heteroatoms. The van der Waals surface area contributed by atoms with Gasteiger partial charge in [-0.05, 0) is 40.9 Å². The molecule has 2 rings (SSSR count). The van der Waals surface area contributed by atoms with Gasteiger partial charge in [0, 0.05) is 16.6 Å². The van der Waals surface area contributed by atoms with Crippen LogP contribution in [-0.2, 0) is 4.79 Å². The fourth-order valence-electron chi connectivity index (χ4n) is 2.48. The maximum Gasteiger partial charge on any atom is 0.319 e. The predicted molar refractivity (Wildman–Crippen MR) is 81.6 cm³/mol. The molecule has 3 N–H and O–H groups in total. The Hall–Kier alpha value is -1.76. The number of benzene rings is 1. The van der Waals surface area contributed by atoms with Gasteiger partial charge in [-0.1, -0.05) is 6.42 Å². The van der Waals surface area contributed by atoms with Crippen LogP contribution in [0.15, 0.2) is 22.7 Å². The van der Waals surface area contributed by atoms with Gasteiger partial charge in [0.25, 0.3) is 0 Å². The number of urea groups is 1. The van der Waals surface area contributed by atoms with Crippen LogP contribution in [0.2, 0.25) is 0 Å². The number of nitrogens with one attached hydrogen (secondary N) is 2. The van der Waals surface area contributed by atoms with Gasteiger partial charge >= 0.3 is 12.0 Å². The molecule has 21 heavy (non-hydrogen) atoms. The van der Waals surface area contributed by atoms with Crippen LogP contribution in [0.5, 0.6) is 5.75 Å². The average molecular weight is 357 g/mol. The zero-order valence-electron chi connectivity index (χ0n) is 11.6. The first-order chi connectivity index (χ1) is 10.0. The van der Waals surface area contributed by atoms with Crippen LogP contribution in [0.3, 0.4) is 0 Å². The zero-order valence-corrected chi connectivity index (χ0v) is 13.1. The Morgan fingerprint density at radius 2 is 2.14 bits per heavy atom. The van der Waals surface area contributed by atoms with Crippen molar-refractivity contribution in [2.45, 2.75) is 25.3 Å². The highest BCUT2D eigenvalue weighted by Crippen LogP contribution is 2.28. The molecule has 1 aromatic carbocycles. The van der Waals surface area contributed by atoms with Gasteiger partial charge in [0.05, 0.1) is 18.7 Å². The Morgan fingerprint density at radius 1 is 1.38 bits per heavy atom. The minimum absolute atomic E-state index is 0.327. The number of carbonyl (C=O) groups excluding carboxylic acids is 1. The number of carbonyl (C=O) groups is 2. The van der Waals surface area contributed by atoms with Crippen molar-refractivity contribution in [2.75, 3.05) is 12.4 Å². The highest BCUT2D eigenvalue weighted by atomic mass is 79.9. The number of hydrogen-bond acceptors (Lipinski definition) is 3. The second kappa shape index (κ2) is 6.80. The monoisotopic (exact) mass is 356 g/mol. The van der Waals surface area contributed by atoms with E-state index in [0.29, 0.717) is 24.3 Å². The summed E-state index contributed by atoms with van der Waals surface area (Å²) in [6.07, 6.45) is 2.09. The van der Waals surface area contributed by atoms with E-state index >= 15 is 0 Å². The number of anilines is 1. The van der Waals surface area contributed by atoms with Gasteiger partial charge in [-0.3, -0.25) is 4.79 Å². The molecule has 1 aromatic rings. The molecular formula is C14H17BrN2O4. The molecule has 0 bridgehead atoms. The lowest BCUT2D eigenvalue weighted by atomic mass is 10.0. The van der Waals surface area contributed by atoms with E-state index in [0.717, 1.165) is 10.9 Å². The Kier molecular flexibility index (Phi) is 5.06. The standard InChI is InChI=1S/C14H17BrN2O4/c1-21-8-5-6-10(15)12(7-8)17-14(20)16-11-4-2-3-9(11)13(18)19/h5-7,9,11H,2-4H2,1H3,(H,18,19)(H2,16,17,20). The Morgan fingerprint density at radius 3 is 2.81 bits per heavy atom. The van der Waals surface area contributed by atoms with Crippen LogP contribution >= 0.6 is 15.9 Å². The number of methoxy groups -OCH3 is 1. The molecule has 2 unspecified atom stereocenters. The van der Waals surface area contributed by atoms with Crippen molar-refractivity contribution >= 4 is 33.6 Å². The summed E-state index contributed by atoms with van der Waals surface area (Å²) in [4.78, 5) is 23.1. The molecule has 0 radical (unpaired) electrons. The summed E-state index contributed by atoms with van der Waals surface area (Å²) in [5.74, 6) is -0.748. The quantitative estimate of drug-likeness (QED) is 0.773. The molecular weight excluding hydrogens is 340 g/mol. The summed E-state index contributed by atoms with van der Waals surface area (Å²) in [6, 6.07) is 4.48. The van der Waals surface area contributed by atoms with Crippen molar-refractivity contribution in [1.29, 1.82) is 0 Å². The molecule has 0 aromatic heterocycles. The smallest absolute Gasteiger partial charge is 0.319 e. The summed E-state index contributed by atoms with van der Waals surface area (Å²) in [5.41, 5.74) is 0.566. The number of ether oxygens (including phenoxy) is 1. The molecule has 0 saturated heterocycles. The summed E-state index contributed by atoms with van der Waals surface area (Å²) < 4.78 is 5.83. The number of carboxylic acid groups (broad SMARTS) is 1. The van der Waals surface area contributed by atoms with Crippen molar-refractivity contribution in [3.05, 3.63) is 22.7 Å². The van der Waals surface area contributed by atoms with E-state index in [1.807, 2.05) is 0 Å². The largest absolute Gasteiger partial charge is 0.497 e. The summed E-state index contributed by atoms with van der Waals surface area (Å²) in [5, 5.41) is 14.5. The molecule has 1 aliphatic carbocycles. The van der Waals surface area contributed by atoms with Gasteiger partial charge in [0.15, 0.2) is 0 Å². The van der Waals surface area contributed by atoms with E-state index in [1.54, 1.807) is 25.3 Å². The minimum atomic E-state index is -0.861. The lowest BCUT2D eigenvalue weighted by molar-refractivity contribution is -0.142. The summed E-state index contributed by atoms with van der Waals surface area (Å²) >= 11 is 3.34. The maximum atomic E-state index is 12.0. The molecule has 1 fully saturated rings. The van der Waals surface area contributed by atoms with Crippen LogP contribution < -0.4 is 15.4 Å². The highest BCUT2D eigenvalue weighted by molar-refractivity contribution is 9.10. The van der Waals surface area contributed by atoms with Gasteiger partial charge in [-0.25, -0.2) is 4.79 Å². The molecule has 1 aliphatic rings. The number of hydrogen-bond donors (Lipinski definition) is 3. The summed E-state index contributed by atoms with van der Waals surface area (Å²) in [6.45, 7) is 0. The van der Waals surface area contributed by atoms with Gasteiger partial charge < -0.3 is 20.5 Å². The van der Waals surface area contributed by atoms with Crippen LogP contribution in [0, 0.1) is 5.92 Å². The zero-order chi connectivity index (χ0) is 15.4. The fraction of sp³-hybridized carbons (Fsp3) is 0.429. The number of carboxylic acids is 1. The SMILES string of the molecule is COc1ccc(Br)c(NC(=O)NC2CCCC2C(=O)O)c1. The number of amides is 2. The molecule has 2 amide bonds. The van der Waals surface area contributed by atoms with Crippen LogP contribution in [0.25, 0.3) is 0 Å². The Bertz CT molecular complexity index is 550. The maximum absolute atomic E-state index is 12.0. The van der Waals surface area contributed by atoms with Crippen molar-refractivity contribution in [3.63, 3.8) is 0 Å². The topological polar surface area (TPSA) is 87.7 Å². The van der Waals surface area contributed by atoms with Crippen LogP contribution in [0.4, 0.5) is 10.5 Å². The third-order valence-electron chi connectivity index (χ3n) is 3.57. The second-order valence-corrected chi connectivity index (χ2v) is 5.78. The van der Waals surface area contributed by atoms with Crippen molar-refractivity contribution in [1.82, 2.24) is 5.32 Å². The molecule has 0 spiro atoms. The molecule has 0 heterocycles.